The molecule has 132 valence electrons. The molecular formula is C17H20N4O4. The average molecular weight is 344 g/mol. The molecule has 1 fully saturated rings. The van der Waals surface area contributed by atoms with E-state index in [1.54, 1.807) is 11.0 Å². The Labute approximate surface area is 145 Å². The van der Waals surface area contributed by atoms with Crippen LogP contribution in [0.1, 0.15) is 10.5 Å². The summed E-state index contributed by atoms with van der Waals surface area (Å²) < 4.78 is 11.8. The molecule has 2 heterocycles. The third kappa shape index (κ3) is 3.97. The predicted molar refractivity (Wildman–Crippen MR) is 89.8 cm³/mol. The molecule has 1 saturated heterocycles. The number of rotatable bonds is 5. The molecule has 2 amide bonds. The number of aromatic nitrogens is 2. The number of carbonyl (C=O) groups excluding carboxylic acids is 2. The van der Waals surface area contributed by atoms with Crippen LogP contribution in [0.5, 0.6) is 5.88 Å². The number of morpholine rings is 1. The molecule has 0 saturated carbocycles. The summed E-state index contributed by atoms with van der Waals surface area (Å²) in [5, 5.41) is 6.91. The third-order valence-corrected chi connectivity index (χ3v) is 3.89. The molecule has 8 heteroatoms. The lowest BCUT2D eigenvalue weighted by atomic mass is 10.3. The lowest BCUT2D eigenvalue weighted by Crippen LogP contribution is -2.45. The minimum atomic E-state index is -0.388. The Morgan fingerprint density at radius 1 is 1.24 bits per heavy atom. The Bertz CT molecular complexity index is 738. The summed E-state index contributed by atoms with van der Waals surface area (Å²) in [6, 6.07) is 10.8. The van der Waals surface area contributed by atoms with Crippen LogP contribution in [-0.4, -0.2) is 66.5 Å². The van der Waals surface area contributed by atoms with Gasteiger partial charge in [0.15, 0.2) is 0 Å². The topological polar surface area (TPSA) is 85.7 Å². The molecule has 25 heavy (non-hydrogen) atoms. The van der Waals surface area contributed by atoms with Crippen molar-refractivity contribution in [3.8, 4) is 11.6 Å². The number of hydrogen-bond acceptors (Lipinski definition) is 5. The van der Waals surface area contributed by atoms with Gasteiger partial charge in [0, 0.05) is 19.2 Å². The Morgan fingerprint density at radius 3 is 2.64 bits per heavy atom. The molecule has 2 aromatic rings. The molecular weight excluding hydrogens is 324 g/mol. The summed E-state index contributed by atoms with van der Waals surface area (Å²) in [5.41, 5.74) is 1.04. The third-order valence-electron chi connectivity index (χ3n) is 3.89. The van der Waals surface area contributed by atoms with Crippen LogP contribution < -0.4 is 10.1 Å². The van der Waals surface area contributed by atoms with Gasteiger partial charge in [0.25, 0.3) is 5.91 Å². The van der Waals surface area contributed by atoms with Gasteiger partial charge in [-0.1, -0.05) is 18.2 Å². The van der Waals surface area contributed by atoms with Crippen LogP contribution in [0.15, 0.2) is 36.4 Å². The maximum absolute atomic E-state index is 12.5. The van der Waals surface area contributed by atoms with Crippen LogP contribution in [0.3, 0.4) is 0 Å². The van der Waals surface area contributed by atoms with Crippen molar-refractivity contribution in [3.05, 3.63) is 42.1 Å². The first kappa shape index (κ1) is 17.0. The lowest BCUT2D eigenvalue weighted by molar-refractivity contribution is -0.134. The maximum Gasteiger partial charge on any atom is 0.270 e. The lowest BCUT2D eigenvalue weighted by Gasteiger charge is -2.26. The van der Waals surface area contributed by atoms with E-state index < -0.39 is 0 Å². The minimum absolute atomic E-state index is 0.0683. The fraction of sp³-hybridized carbons (Fsp3) is 0.353. The average Bonchev–Trinajstić information content (AvgIpc) is 3.12. The van der Waals surface area contributed by atoms with Crippen molar-refractivity contribution in [1.29, 1.82) is 0 Å². The Balaban J connectivity index is 1.71. The first-order chi connectivity index (χ1) is 12.2. The molecule has 3 rings (SSSR count). The summed E-state index contributed by atoms with van der Waals surface area (Å²) in [7, 11) is 1.49. The van der Waals surface area contributed by atoms with Gasteiger partial charge in [-0.25, -0.2) is 4.68 Å². The number of carbonyl (C=O) groups is 2. The van der Waals surface area contributed by atoms with Crippen LogP contribution in [0.2, 0.25) is 0 Å². The van der Waals surface area contributed by atoms with Gasteiger partial charge < -0.3 is 19.7 Å². The molecule has 0 bridgehead atoms. The van der Waals surface area contributed by atoms with E-state index in [2.05, 4.69) is 10.4 Å². The van der Waals surface area contributed by atoms with Crippen LogP contribution in [-0.2, 0) is 9.53 Å². The van der Waals surface area contributed by atoms with Crippen molar-refractivity contribution in [2.45, 2.75) is 0 Å². The van der Waals surface area contributed by atoms with E-state index in [1.165, 1.54) is 11.8 Å². The van der Waals surface area contributed by atoms with E-state index in [4.69, 9.17) is 9.47 Å². The van der Waals surface area contributed by atoms with Crippen molar-refractivity contribution in [1.82, 2.24) is 20.0 Å². The summed E-state index contributed by atoms with van der Waals surface area (Å²) in [6.45, 7) is 2.07. The van der Waals surface area contributed by atoms with Gasteiger partial charge in [0.1, 0.15) is 5.69 Å². The van der Waals surface area contributed by atoms with Crippen molar-refractivity contribution in [2.75, 3.05) is 40.0 Å². The molecule has 1 aromatic carbocycles. The van der Waals surface area contributed by atoms with Gasteiger partial charge in [-0.3, -0.25) is 9.59 Å². The number of benzene rings is 1. The molecule has 0 radical (unpaired) electrons. The molecule has 0 aliphatic carbocycles. The van der Waals surface area contributed by atoms with Crippen molar-refractivity contribution in [2.24, 2.45) is 0 Å². The van der Waals surface area contributed by atoms with Crippen LogP contribution >= 0.6 is 0 Å². The highest BCUT2D eigenvalue weighted by Crippen LogP contribution is 2.17. The van der Waals surface area contributed by atoms with E-state index in [0.29, 0.717) is 37.9 Å². The standard InChI is InChI=1S/C17H20N4O4/c1-24-15-11-14(21(19-15)13-5-3-2-4-6-13)17(23)18-12-16(22)20-7-9-25-10-8-20/h2-6,11H,7-10,12H2,1H3,(H,18,23). The van der Waals surface area contributed by atoms with Gasteiger partial charge in [0.05, 0.1) is 32.6 Å². The van der Waals surface area contributed by atoms with E-state index >= 15 is 0 Å². The number of para-hydroxylation sites is 1. The summed E-state index contributed by atoms with van der Waals surface area (Å²) in [6.07, 6.45) is 0. The van der Waals surface area contributed by atoms with E-state index in [0.717, 1.165) is 5.69 Å². The molecule has 1 aliphatic rings. The second-order valence-electron chi connectivity index (χ2n) is 5.50. The highest BCUT2D eigenvalue weighted by atomic mass is 16.5. The number of ether oxygens (including phenoxy) is 2. The molecule has 1 aromatic heterocycles. The zero-order valence-corrected chi connectivity index (χ0v) is 14.0. The molecule has 0 atom stereocenters. The highest BCUT2D eigenvalue weighted by molar-refractivity contribution is 5.95. The normalized spacial score (nSPS) is 14.2. The van der Waals surface area contributed by atoms with Gasteiger partial charge in [0.2, 0.25) is 11.8 Å². The largest absolute Gasteiger partial charge is 0.480 e. The summed E-state index contributed by atoms with van der Waals surface area (Å²) >= 11 is 0. The van der Waals surface area contributed by atoms with Crippen molar-refractivity contribution in [3.63, 3.8) is 0 Å². The maximum atomic E-state index is 12.5. The van der Waals surface area contributed by atoms with Crippen molar-refractivity contribution >= 4 is 11.8 Å². The molecule has 0 spiro atoms. The monoisotopic (exact) mass is 344 g/mol. The highest BCUT2D eigenvalue weighted by Gasteiger charge is 2.20. The fourth-order valence-corrected chi connectivity index (χ4v) is 2.56. The smallest absolute Gasteiger partial charge is 0.270 e. The van der Waals surface area contributed by atoms with Crippen LogP contribution in [0, 0.1) is 0 Å². The van der Waals surface area contributed by atoms with Crippen LogP contribution in [0.4, 0.5) is 0 Å². The van der Waals surface area contributed by atoms with Crippen molar-refractivity contribution < 1.29 is 19.1 Å². The zero-order valence-electron chi connectivity index (χ0n) is 14.0. The quantitative estimate of drug-likeness (QED) is 0.852. The van der Waals surface area contributed by atoms with Crippen LogP contribution in [0.25, 0.3) is 5.69 Å². The summed E-state index contributed by atoms with van der Waals surface area (Å²) in [5.74, 6) is -0.191. The molecule has 8 nitrogen and oxygen atoms in total. The number of amides is 2. The van der Waals surface area contributed by atoms with E-state index in [-0.39, 0.29) is 18.4 Å². The number of hydrogen-bond donors (Lipinski definition) is 1. The fourth-order valence-electron chi connectivity index (χ4n) is 2.56. The van der Waals surface area contributed by atoms with Gasteiger partial charge >= 0.3 is 0 Å². The van der Waals surface area contributed by atoms with E-state index in [1.807, 2.05) is 30.3 Å². The van der Waals surface area contributed by atoms with Gasteiger partial charge in [-0.2, -0.15) is 0 Å². The number of nitrogens with one attached hydrogen (secondary N) is 1. The summed E-state index contributed by atoms with van der Waals surface area (Å²) in [4.78, 5) is 26.4. The number of methoxy groups -OCH3 is 1. The Hall–Kier alpha value is -2.87. The zero-order chi connectivity index (χ0) is 17.6. The predicted octanol–water partition coefficient (Wildman–Crippen LogP) is 0.470. The molecule has 1 aliphatic heterocycles. The minimum Gasteiger partial charge on any atom is -0.480 e. The van der Waals surface area contributed by atoms with Gasteiger partial charge in [-0.15, -0.1) is 5.10 Å². The Morgan fingerprint density at radius 2 is 1.96 bits per heavy atom. The van der Waals surface area contributed by atoms with Gasteiger partial charge in [-0.05, 0) is 12.1 Å². The van der Waals surface area contributed by atoms with E-state index in [9.17, 15) is 9.59 Å². The SMILES string of the molecule is COc1cc(C(=O)NCC(=O)N2CCOCC2)n(-c2ccccc2)n1. The Kier molecular flexibility index (Phi) is 5.30. The first-order valence-corrected chi connectivity index (χ1v) is 8.02. The number of nitrogens with zero attached hydrogens (tertiary/aromatic N) is 3. The first-order valence-electron chi connectivity index (χ1n) is 8.02. The molecule has 1 N–H and O–H groups in total. The molecule has 0 unspecified atom stereocenters. The second kappa shape index (κ2) is 7.80. The second-order valence-corrected chi connectivity index (χ2v) is 5.50.